The maximum absolute atomic E-state index is 9.67. The Balaban J connectivity index is 0.000000370. The highest BCUT2D eigenvalue weighted by molar-refractivity contribution is 9.11. The number of ether oxygens (including phenoxy) is 1. The molecule has 322 valence electrons. The van der Waals surface area contributed by atoms with Gasteiger partial charge in [0.05, 0.1) is 18.6 Å². The van der Waals surface area contributed by atoms with Crippen LogP contribution >= 0.6 is 63.7 Å². The number of benzene rings is 4. The molecule has 3 nitrogen and oxygen atoms in total. The molecule has 1 aromatic heterocycles. The standard InChI is InChI=1S/C27H22Br2NO.C18H13Br2O.2BF3.2FH/c1-30(2)25-14-3-19(4-15-25)5-16-26-17-22(20-6-10-23(28)11-7-20)18-27(31-26)21-8-12-24(29)13-9-21;1-12-10-15(13-2-6-16(19)7-3-13)11-18(21-12)14-4-8-17(20)9-5-14;2*2-1(3)4;;/h3-18H,1-2H3;2-11H,1H3;;;2*1H/q2*+1;;;;/p-2. The second-order valence-corrected chi connectivity index (χ2v) is 16.4. The predicted octanol–water partition coefficient (Wildman–Crippen LogP) is 9.81. The molecule has 0 bridgehead atoms. The van der Waals surface area contributed by atoms with Crippen LogP contribution in [0.3, 0.4) is 0 Å². The third-order valence-electron chi connectivity index (χ3n) is 8.19. The first-order valence-electron chi connectivity index (χ1n) is 17.8. The van der Waals surface area contributed by atoms with Gasteiger partial charge in [0.2, 0.25) is 0 Å². The topological polar surface area (TPSA) is 23.5 Å². The highest BCUT2D eigenvalue weighted by atomic mass is 79.9. The van der Waals surface area contributed by atoms with E-state index in [9.17, 15) is 25.9 Å². The fourth-order valence-corrected chi connectivity index (χ4v) is 6.49. The molecule has 4 aromatic carbocycles. The van der Waals surface area contributed by atoms with Crippen LogP contribution in [0.1, 0.15) is 16.9 Å². The summed E-state index contributed by atoms with van der Waals surface area (Å²) in [5, 5.41) is 0. The summed E-state index contributed by atoms with van der Waals surface area (Å²) in [4.78, 5) is 0. The van der Waals surface area contributed by atoms with Gasteiger partial charge in [0.1, 0.15) is 25.6 Å². The first-order valence-corrected chi connectivity index (χ1v) is 21.0. The molecule has 2 aliphatic rings. The lowest BCUT2D eigenvalue weighted by Gasteiger charge is -2.18. The van der Waals surface area contributed by atoms with Gasteiger partial charge in [0, 0.05) is 47.2 Å². The van der Waals surface area contributed by atoms with Crippen molar-refractivity contribution in [1.82, 2.24) is 0 Å². The number of nitrogens with zero attached hydrogens (tertiary/aromatic N) is 1. The van der Waals surface area contributed by atoms with Crippen molar-refractivity contribution in [1.29, 1.82) is 0 Å². The summed E-state index contributed by atoms with van der Waals surface area (Å²) in [5.41, 5.74) is 8.99. The first-order chi connectivity index (χ1) is 28.6. The van der Waals surface area contributed by atoms with E-state index in [0.29, 0.717) is 0 Å². The maximum Gasteiger partial charge on any atom is 0.762 e. The van der Waals surface area contributed by atoms with Crippen LogP contribution in [0.4, 0.5) is 25.9 Å². The quantitative estimate of drug-likeness (QED) is 0.0759. The molecule has 0 N–H and O–H groups in total. The van der Waals surface area contributed by atoms with Crippen LogP contribution in [0.5, 0.6) is 0 Å². The zero-order chi connectivity index (χ0) is 43.8. The van der Waals surface area contributed by atoms with Crippen LogP contribution in [0.15, 0.2) is 191 Å². The van der Waals surface area contributed by atoms with Crippen LogP contribution in [0.25, 0.3) is 33.8 Å². The van der Waals surface area contributed by atoms with Gasteiger partial charge in [-0.2, -0.15) is 0 Å². The molecule has 1 aliphatic carbocycles. The molecule has 5 aromatic rings. The Bertz CT molecular complexity index is 2340. The largest absolute Gasteiger partial charge is 1.00 e. The average Bonchev–Trinajstić information content (AvgIpc) is 3.21. The van der Waals surface area contributed by atoms with Gasteiger partial charge in [-0.05, 0) is 113 Å². The van der Waals surface area contributed by atoms with Gasteiger partial charge in [0.25, 0.3) is 0 Å². The molecule has 0 fully saturated rings. The van der Waals surface area contributed by atoms with Crippen molar-refractivity contribution >= 4 is 95.9 Å². The Labute approximate surface area is 389 Å². The van der Waals surface area contributed by atoms with Crippen LogP contribution < -0.4 is 9.41 Å². The van der Waals surface area contributed by atoms with E-state index >= 15 is 0 Å². The van der Waals surface area contributed by atoms with E-state index in [1.54, 1.807) is 0 Å². The van der Waals surface area contributed by atoms with Crippen molar-refractivity contribution in [3.8, 4) is 22.5 Å². The van der Waals surface area contributed by atoms with E-state index in [-0.39, 0.29) is 9.41 Å². The van der Waals surface area contributed by atoms with E-state index in [4.69, 9.17) is 9.15 Å². The summed E-state index contributed by atoms with van der Waals surface area (Å²) >= 11 is 13.9. The van der Waals surface area contributed by atoms with Gasteiger partial charge < -0.3 is 14.1 Å². The monoisotopic (exact) mass is 1110 g/mol. The number of allylic oxidation sites excluding steroid dienone is 10. The highest BCUT2D eigenvalue weighted by Gasteiger charge is 2.17. The lowest BCUT2D eigenvalue weighted by Crippen LogP contribution is -3.00. The lowest BCUT2D eigenvalue weighted by atomic mass is 10.0. The van der Waals surface area contributed by atoms with E-state index in [0.717, 1.165) is 74.3 Å². The Morgan fingerprint density at radius 1 is 0.532 bits per heavy atom. The third-order valence-corrected chi connectivity index (χ3v) is 10.3. The minimum Gasteiger partial charge on any atom is -1.00 e. The SMILES string of the molecule is C[N+](C)=C1C=CC(=CC=C2C=C(c3ccc(Br)cc3)C=C(c3ccc(Br)cc3)O2)C=C1.Cc1cc(-c2ccc(Br)cc2)cc(-c2ccc(Br)cc2)[o+]1.FB(F)F.FB(F)F.[F-].[F-]. The van der Waals surface area contributed by atoms with Gasteiger partial charge in [0.15, 0.2) is 5.71 Å². The minimum absolute atomic E-state index is 0. The minimum atomic E-state index is -3.67. The fourth-order valence-electron chi connectivity index (χ4n) is 5.43. The number of aryl methyl sites for hydroxylation is 1. The average molecular weight is 1120 g/mol. The van der Waals surface area contributed by atoms with E-state index < -0.39 is 15.1 Å². The molecular formula is C45H35B2Br4F8NO2. The van der Waals surface area contributed by atoms with E-state index in [2.05, 4.69) is 171 Å². The summed E-state index contributed by atoms with van der Waals surface area (Å²) in [6.07, 6.45) is 16.7. The zero-order valence-electron chi connectivity index (χ0n) is 33.0. The molecule has 7 rings (SSSR count). The van der Waals surface area contributed by atoms with Gasteiger partial charge in [-0.3, -0.25) is 25.9 Å². The first kappa shape index (κ1) is 53.6. The Morgan fingerprint density at radius 2 is 0.952 bits per heavy atom. The molecule has 0 saturated carbocycles. The van der Waals surface area contributed by atoms with Crippen LogP contribution in [-0.2, 0) is 4.74 Å². The molecule has 2 heterocycles. The van der Waals surface area contributed by atoms with Crippen molar-refractivity contribution in [3.63, 3.8) is 0 Å². The highest BCUT2D eigenvalue weighted by Crippen LogP contribution is 2.33. The lowest BCUT2D eigenvalue weighted by molar-refractivity contribution is -0.462. The molecule has 0 unspecified atom stereocenters. The Kier molecular flexibility index (Phi) is 23.2. The van der Waals surface area contributed by atoms with Crippen molar-refractivity contribution in [3.05, 3.63) is 204 Å². The molecule has 0 spiro atoms. The molecule has 0 atom stereocenters. The zero-order valence-corrected chi connectivity index (χ0v) is 39.3. The van der Waals surface area contributed by atoms with Gasteiger partial charge >= 0.3 is 26.6 Å². The third kappa shape index (κ3) is 18.4. The van der Waals surface area contributed by atoms with Crippen LogP contribution in [0, 0.1) is 6.92 Å². The number of halogens is 12. The smallest absolute Gasteiger partial charge is 0.762 e. The molecule has 0 saturated heterocycles. The van der Waals surface area contributed by atoms with Crippen molar-refractivity contribution < 1.29 is 49.0 Å². The number of hydrogen-bond donors (Lipinski definition) is 0. The fraction of sp³-hybridized carbons (Fsp3) is 0.0667. The number of hydrogen-bond acceptors (Lipinski definition) is 1. The summed E-state index contributed by atoms with van der Waals surface area (Å²) in [7, 11) is -3.25. The normalized spacial score (nSPS) is 12.8. The second kappa shape index (κ2) is 26.8. The summed E-state index contributed by atoms with van der Waals surface area (Å²) < 4.78 is 76.5. The molecule has 0 radical (unpaired) electrons. The summed E-state index contributed by atoms with van der Waals surface area (Å²) in [5.74, 6) is 3.40. The summed E-state index contributed by atoms with van der Waals surface area (Å²) in [6.45, 7) is 1.98. The molecule has 17 heteroatoms. The van der Waals surface area contributed by atoms with Crippen molar-refractivity contribution in [2.75, 3.05) is 14.1 Å². The molecule has 62 heavy (non-hydrogen) atoms. The molecular weight excluding hydrogens is 1080 g/mol. The van der Waals surface area contributed by atoms with Gasteiger partial charge in [-0.25, -0.2) is 8.99 Å². The van der Waals surface area contributed by atoms with Crippen molar-refractivity contribution in [2.24, 2.45) is 0 Å². The second-order valence-electron chi connectivity index (χ2n) is 12.8. The maximum atomic E-state index is 9.67. The van der Waals surface area contributed by atoms with Crippen LogP contribution in [-0.4, -0.2) is 39.5 Å². The van der Waals surface area contributed by atoms with Gasteiger partial charge in [-0.1, -0.05) is 106 Å². The Morgan fingerprint density at radius 3 is 1.40 bits per heavy atom. The predicted molar refractivity (Wildman–Crippen MR) is 249 cm³/mol. The molecule has 1 aliphatic heterocycles. The Hall–Kier alpha value is -4.57. The van der Waals surface area contributed by atoms with E-state index in [1.165, 1.54) is 11.3 Å². The summed E-state index contributed by atoms with van der Waals surface area (Å²) in [6, 6.07) is 37.1. The van der Waals surface area contributed by atoms with Gasteiger partial charge in [-0.15, -0.1) is 0 Å². The van der Waals surface area contributed by atoms with Crippen LogP contribution in [0.2, 0.25) is 0 Å². The van der Waals surface area contributed by atoms with Crippen molar-refractivity contribution in [2.45, 2.75) is 6.92 Å². The van der Waals surface area contributed by atoms with E-state index in [1.807, 2.05) is 75.6 Å². The molecule has 0 amide bonds. The number of rotatable bonds is 5.